The number of carboxylic acids is 1. The number of carbonyl (C=O) groups is 2. The molecule has 1 aliphatic carbocycles. The van der Waals surface area contributed by atoms with Crippen LogP contribution in [0.3, 0.4) is 0 Å². The van der Waals surface area contributed by atoms with Crippen molar-refractivity contribution >= 4 is 12.0 Å². The summed E-state index contributed by atoms with van der Waals surface area (Å²) in [6.07, 6.45) is 1.47. The van der Waals surface area contributed by atoms with Crippen LogP contribution in [0, 0.1) is 0 Å². The molecule has 1 saturated heterocycles. The summed E-state index contributed by atoms with van der Waals surface area (Å²) in [6.45, 7) is 6.18. The van der Waals surface area contributed by atoms with Crippen molar-refractivity contribution < 1.29 is 24.2 Å². The first-order valence-electron chi connectivity index (χ1n) is 8.25. The number of nitrogens with zero attached hydrogens (tertiary/aromatic N) is 1. The van der Waals surface area contributed by atoms with E-state index in [9.17, 15) is 9.59 Å². The molecule has 8 heteroatoms. The summed E-state index contributed by atoms with van der Waals surface area (Å²) in [5, 5.41) is 14.7. The van der Waals surface area contributed by atoms with Crippen LogP contribution < -0.4 is 10.6 Å². The third-order valence-electron chi connectivity index (χ3n) is 4.43. The van der Waals surface area contributed by atoms with E-state index >= 15 is 0 Å². The minimum Gasteiger partial charge on any atom is -0.480 e. The molecule has 2 aliphatic rings. The highest BCUT2D eigenvalue weighted by atomic mass is 16.5. The van der Waals surface area contributed by atoms with Crippen molar-refractivity contribution in [2.75, 3.05) is 32.9 Å². The number of hydrogen-bond donors (Lipinski definition) is 3. The lowest BCUT2D eigenvalue weighted by molar-refractivity contribution is -0.139. The fraction of sp³-hybridized carbons (Fsp3) is 0.867. The van der Waals surface area contributed by atoms with E-state index in [1.807, 2.05) is 18.7 Å². The molecule has 0 aromatic carbocycles. The summed E-state index contributed by atoms with van der Waals surface area (Å²) in [5.74, 6) is -0.816. The number of amides is 2. The highest BCUT2D eigenvalue weighted by Crippen LogP contribution is 2.25. The van der Waals surface area contributed by atoms with Crippen molar-refractivity contribution in [3.63, 3.8) is 0 Å². The molecular weight excluding hydrogens is 302 g/mol. The van der Waals surface area contributed by atoms with Gasteiger partial charge in [-0.15, -0.1) is 0 Å². The Morgan fingerprint density at radius 2 is 2.00 bits per heavy atom. The summed E-state index contributed by atoms with van der Waals surface area (Å²) in [7, 11) is 0. The molecule has 8 nitrogen and oxygen atoms in total. The van der Waals surface area contributed by atoms with Crippen molar-refractivity contribution in [1.29, 1.82) is 0 Å². The predicted octanol–water partition coefficient (Wildman–Crippen LogP) is 0.0270. The number of ether oxygens (including phenoxy) is 2. The number of carboxylic acid groups (broad SMARTS) is 1. The smallest absolute Gasteiger partial charge is 0.317 e. The Morgan fingerprint density at radius 3 is 2.61 bits per heavy atom. The van der Waals surface area contributed by atoms with Gasteiger partial charge >= 0.3 is 12.0 Å². The molecule has 0 aromatic heterocycles. The van der Waals surface area contributed by atoms with Gasteiger partial charge in [0.05, 0.1) is 25.8 Å². The van der Waals surface area contributed by atoms with E-state index in [-0.39, 0.29) is 36.8 Å². The summed E-state index contributed by atoms with van der Waals surface area (Å²) >= 11 is 0. The standard InChI is InChI=1S/C15H27N3O5/c1-3-18(7-14(19)20)11-5-10(6-11)16-15(21)17-12-8-22-9-13(12)23-4-2/h10-13H,3-9H2,1-2H3,(H,19,20)(H2,16,17,21)/t10?,11?,12-,13-/m1/s1. The van der Waals surface area contributed by atoms with Gasteiger partial charge in [0.25, 0.3) is 0 Å². The van der Waals surface area contributed by atoms with Crippen LogP contribution in [0.4, 0.5) is 4.79 Å². The van der Waals surface area contributed by atoms with Gasteiger partial charge in [0.15, 0.2) is 0 Å². The van der Waals surface area contributed by atoms with Crippen LogP contribution in [-0.2, 0) is 14.3 Å². The molecule has 132 valence electrons. The first-order chi connectivity index (χ1) is 11.0. The molecule has 23 heavy (non-hydrogen) atoms. The fourth-order valence-electron chi connectivity index (χ4n) is 3.12. The molecule has 0 bridgehead atoms. The number of aliphatic carboxylic acids is 1. The van der Waals surface area contributed by atoms with Crippen molar-refractivity contribution in [2.24, 2.45) is 0 Å². The van der Waals surface area contributed by atoms with Gasteiger partial charge in [-0.2, -0.15) is 0 Å². The van der Waals surface area contributed by atoms with Crippen molar-refractivity contribution in [3.05, 3.63) is 0 Å². The van der Waals surface area contributed by atoms with Crippen LogP contribution >= 0.6 is 0 Å². The zero-order valence-electron chi connectivity index (χ0n) is 13.8. The zero-order chi connectivity index (χ0) is 16.8. The lowest BCUT2D eigenvalue weighted by atomic mass is 9.85. The van der Waals surface area contributed by atoms with E-state index in [4.69, 9.17) is 14.6 Å². The van der Waals surface area contributed by atoms with E-state index in [1.54, 1.807) is 0 Å². The topological polar surface area (TPSA) is 100 Å². The van der Waals surface area contributed by atoms with Crippen LogP contribution in [-0.4, -0.2) is 79.1 Å². The number of likely N-dealkylation sites (N-methyl/N-ethyl adjacent to an activating group) is 1. The number of carbonyl (C=O) groups excluding carboxylic acids is 1. The highest BCUT2D eigenvalue weighted by Gasteiger charge is 2.36. The third-order valence-corrected chi connectivity index (χ3v) is 4.43. The van der Waals surface area contributed by atoms with Crippen LogP contribution in [0.5, 0.6) is 0 Å². The number of nitrogens with one attached hydrogen (secondary N) is 2. The molecule has 0 spiro atoms. The molecule has 2 atom stereocenters. The fourth-order valence-corrected chi connectivity index (χ4v) is 3.12. The van der Waals surface area contributed by atoms with Crippen molar-refractivity contribution in [1.82, 2.24) is 15.5 Å². The monoisotopic (exact) mass is 329 g/mol. The second-order valence-corrected chi connectivity index (χ2v) is 6.03. The van der Waals surface area contributed by atoms with Crippen molar-refractivity contribution in [3.8, 4) is 0 Å². The molecule has 0 aromatic rings. The average Bonchev–Trinajstić information content (AvgIpc) is 2.87. The van der Waals surface area contributed by atoms with E-state index in [2.05, 4.69) is 10.6 Å². The minimum absolute atomic E-state index is 0.0511. The maximum atomic E-state index is 12.0. The van der Waals surface area contributed by atoms with Gasteiger partial charge in [-0.1, -0.05) is 6.92 Å². The lowest BCUT2D eigenvalue weighted by Gasteiger charge is -2.42. The lowest BCUT2D eigenvalue weighted by Crippen LogP contribution is -2.58. The van der Waals surface area contributed by atoms with Crippen molar-refractivity contribution in [2.45, 2.75) is 50.9 Å². The van der Waals surface area contributed by atoms with Crippen LogP contribution in [0.1, 0.15) is 26.7 Å². The molecule has 0 radical (unpaired) electrons. The molecule has 1 heterocycles. The first kappa shape index (κ1) is 18.0. The predicted molar refractivity (Wildman–Crippen MR) is 83.4 cm³/mol. The van der Waals surface area contributed by atoms with Crippen LogP contribution in [0.25, 0.3) is 0 Å². The average molecular weight is 329 g/mol. The Kier molecular flexibility index (Phi) is 6.61. The molecule has 3 N–H and O–H groups in total. The van der Waals surface area contributed by atoms with Crippen LogP contribution in [0.2, 0.25) is 0 Å². The SMILES string of the molecule is CCO[C@@H]1COC[C@H]1NC(=O)NC1CC(N(CC)CC(=O)O)C1. The van der Waals surface area contributed by atoms with Gasteiger partial charge in [0.2, 0.25) is 0 Å². The summed E-state index contributed by atoms with van der Waals surface area (Å²) < 4.78 is 10.9. The van der Waals surface area contributed by atoms with Gasteiger partial charge in [-0.3, -0.25) is 9.69 Å². The normalized spacial score (nSPS) is 30.0. The maximum Gasteiger partial charge on any atom is 0.317 e. The van der Waals surface area contributed by atoms with E-state index in [0.29, 0.717) is 26.4 Å². The highest BCUT2D eigenvalue weighted by molar-refractivity contribution is 5.75. The molecule has 1 saturated carbocycles. The summed E-state index contributed by atoms with van der Waals surface area (Å²) in [6, 6.07) is -0.0111. The second-order valence-electron chi connectivity index (χ2n) is 6.03. The Balaban J connectivity index is 1.68. The maximum absolute atomic E-state index is 12.0. The molecule has 1 aliphatic heterocycles. The zero-order valence-corrected chi connectivity index (χ0v) is 13.8. The van der Waals surface area contributed by atoms with Gasteiger partial charge in [-0.25, -0.2) is 4.79 Å². The molecule has 2 amide bonds. The van der Waals surface area contributed by atoms with Gasteiger partial charge < -0.3 is 25.2 Å². The Hall–Kier alpha value is -1.38. The van der Waals surface area contributed by atoms with E-state index < -0.39 is 5.97 Å². The number of urea groups is 1. The number of hydrogen-bond acceptors (Lipinski definition) is 5. The molecule has 2 fully saturated rings. The first-order valence-corrected chi connectivity index (χ1v) is 8.25. The summed E-state index contributed by atoms with van der Waals surface area (Å²) in [4.78, 5) is 24.8. The van der Waals surface area contributed by atoms with E-state index in [1.165, 1.54) is 0 Å². The molecular formula is C15H27N3O5. The minimum atomic E-state index is -0.816. The molecule has 2 rings (SSSR count). The Morgan fingerprint density at radius 1 is 1.26 bits per heavy atom. The molecule has 0 unspecified atom stereocenters. The Bertz CT molecular complexity index is 414. The second kappa shape index (κ2) is 8.47. The summed E-state index contributed by atoms with van der Waals surface area (Å²) in [5.41, 5.74) is 0. The van der Waals surface area contributed by atoms with Crippen LogP contribution in [0.15, 0.2) is 0 Å². The van der Waals surface area contributed by atoms with Gasteiger partial charge in [0.1, 0.15) is 6.10 Å². The Labute approximate surface area is 136 Å². The van der Waals surface area contributed by atoms with Gasteiger partial charge in [-0.05, 0) is 26.3 Å². The van der Waals surface area contributed by atoms with Gasteiger partial charge in [0, 0.05) is 18.7 Å². The third kappa shape index (κ3) is 5.05. The largest absolute Gasteiger partial charge is 0.480 e. The quantitative estimate of drug-likeness (QED) is 0.581. The number of rotatable bonds is 8. The van der Waals surface area contributed by atoms with E-state index in [0.717, 1.165) is 12.8 Å².